The molecule has 66 valence electrons. The van der Waals surface area contributed by atoms with Crippen LogP contribution in [-0.4, -0.2) is 15.4 Å². The molecule has 2 aromatic heterocycles. The monoisotopic (exact) mass is 176 g/mol. The average molecular weight is 176 g/mol. The van der Waals surface area contributed by atoms with Gasteiger partial charge in [0.05, 0.1) is 0 Å². The van der Waals surface area contributed by atoms with Gasteiger partial charge in [-0.1, -0.05) is 0 Å². The number of nitrogens with two attached hydrogens (primary N) is 1. The molecule has 5 heteroatoms. The van der Waals surface area contributed by atoms with E-state index in [0.717, 1.165) is 5.65 Å². The number of rotatable bonds is 1. The number of anilines is 1. The van der Waals surface area contributed by atoms with Crippen LogP contribution >= 0.6 is 0 Å². The maximum absolute atomic E-state index is 10.5. The number of carbonyl (C=O) groups is 1. The van der Waals surface area contributed by atoms with Crippen molar-refractivity contribution in [2.75, 3.05) is 5.32 Å². The van der Waals surface area contributed by atoms with Crippen LogP contribution in [0.25, 0.3) is 5.65 Å². The summed E-state index contributed by atoms with van der Waals surface area (Å²) < 4.78 is 1.84. The van der Waals surface area contributed by atoms with Crippen LogP contribution in [0, 0.1) is 0 Å². The van der Waals surface area contributed by atoms with Crippen molar-refractivity contribution in [2.45, 2.75) is 0 Å². The molecule has 2 amide bonds. The molecule has 0 unspecified atom stereocenters. The second-order valence-electron chi connectivity index (χ2n) is 2.58. The molecular formula is C8H8N4O. The maximum Gasteiger partial charge on any atom is 0.317 e. The Morgan fingerprint density at radius 3 is 3.08 bits per heavy atom. The van der Waals surface area contributed by atoms with Crippen molar-refractivity contribution >= 4 is 17.5 Å². The van der Waals surface area contributed by atoms with Crippen molar-refractivity contribution in [3.8, 4) is 0 Å². The molecule has 5 nitrogen and oxygen atoms in total. The molecule has 3 N–H and O–H groups in total. The predicted molar refractivity (Wildman–Crippen MR) is 48.4 cm³/mol. The van der Waals surface area contributed by atoms with E-state index in [1.165, 1.54) is 0 Å². The fourth-order valence-electron chi connectivity index (χ4n) is 1.11. The molecule has 2 heterocycles. The molecule has 2 rings (SSSR count). The predicted octanol–water partition coefficient (Wildman–Crippen LogP) is 0.825. The number of amides is 2. The van der Waals surface area contributed by atoms with Gasteiger partial charge in [0.15, 0.2) is 0 Å². The summed E-state index contributed by atoms with van der Waals surface area (Å²) in [6.07, 6.45) is 3.67. The van der Waals surface area contributed by atoms with Gasteiger partial charge in [0.1, 0.15) is 11.5 Å². The first-order chi connectivity index (χ1) is 6.25. The van der Waals surface area contributed by atoms with Gasteiger partial charge in [-0.25, -0.2) is 9.78 Å². The Kier molecular flexibility index (Phi) is 1.63. The molecule has 13 heavy (non-hydrogen) atoms. The zero-order valence-corrected chi connectivity index (χ0v) is 6.77. The van der Waals surface area contributed by atoms with E-state index in [1.54, 1.807) is 12.3 Å². The Labute approximate surface area is 74.2 Å². The maximum atomic E-state index is 10.5. The van der Waals surface area contributed by atoms with E-state index >= 15 is 0 Å². The van der Waals surface area contributed by atoms with Gasteiger partial charge in [-0.05, 0) is 18.2 Å². The Balaban J connectivity index is 2.42. The van der Waals surface area contributed by atoms with Crippen LogP contribution in [0.15, 0.2) is 30.6 Å². The fraction of sp³-hybridized carbons (Fsp3) is 0. The molecule has 0 fully saturated rings. The minimum Gasteiger partial charge on any atom is -0.351 e. The number of carbonyl (C=O) groups excluding carboxylic acids is 1. The molecule has 0 aliphatic heterocycles. The van der Waals surface area contributed by atoms with Gasteiger partial charge in [0.25, 0.3) is 0 Å². The Morgan fingerprint density at radius 2 is 2.31 bits per heavy atom. The number of aromatic nitrogens is 2. The van der Waals surface area contributed by atoms with Gasteiger partial charge in [-0.2, -0.15) is 0 Å². The molecule has 0 saturated heterocycles. The topological polar surface area (TPSA) is 72.4 Å². The van der Waals surface area contributed by atoms with E-state index in [2.05, 4.69) is 10.3 Å². The summed E-state index contributed by atoms with van der Waals surface area (Å²) in [4.78, 5) is 14.6. The van der Waals surface area contributed by atoms with E-state index in [0.29, 0.717) is 5.82 Å². The average Bonchev–Trinajstić information content (AvgIpc) is 2.49. The Morgan fingerprint density at radius 1 is 1.46 bits per heavy atom. The zero-order valence-electron chi connectivity index (χ0n) is 6.77. The number of primary amides is 1. The van der Waals surface area contributed by atoms with Gasteiger partial charge in [0.2, 0.25) is 0 Å². The lowest BCUT2D eigenvalue weighted by Crippen LogP contribution is -2.20. The normalized spacial score (nSPS) is 10.2. The van der Waals surface area contributed by atoms with Crippen molar-refractivity contribution in [3.05, 3.63) is 30.6 Å². The second kappa shape index (κ2) is 2.78. The largest absolute Gasteiger partial charge is 0.351 e. The highest BCUT2D eigenvalue weighted by atomic mass is 16.2. The van der Waals surface area contributed by atoms with Crippen LogP contribution in [0.3, 0.4) is 0 Å². The highest BCUT2D eigenvalue weighted by molar-refractivity contribution is 5.86. The Hall–Kier alpha value is -2.04. The number of nitrogens with zero attached hydrogens (tertiary/aromatic N) is 2. The van der Waals surface area contributed by atoms with Crippen LogP contribution in [0.1, 0.15) is 0 Å². The highest BCUT2D eigenvalue weighted by Gasteiger charge is 1.98. The lowest BCUT2D eigenvalue weighted by Gasteiger charge is -2.00. The summed E-state index contributed by atoms with van der Waals surface area (Å²) >= 11 is 0. The lowest BCUT2D eigenvalue weighted by molar-refractivity contribution is 0.259. The number of nitrogens with one attached hydrogen (secondary N) is 1. The van der Waals surface area contributed by atoms with Gasteiger partial charge < -0.3 is 10.1 Å². The SMILES string of the molecule is NC(=O)Nc1ccn2cccc2n1. The Bertz CT molecular complexity index is 448. The molecule has 0 atom stereocenters. The van der Waals surface area contributed by atoms with Crippen LogP contribution in [-0.2, 0) is 0 Å². The summed E-state index contributed by atoms with van der Waals surface area (Å²) in [6, 6.07) is 4.78. The van der Waals surface area contributed by atoms with Crippen LogP contribution in [0.5, 0.6) is 0 Å². The molecule has 2 aromatic rings. The third-order valence-electron chi connectivity index (χ3n) is 1.64. The molecule has 0 saturated carbocycles. The van der Waals surface area contributed by atoms with Crippen molar-refractivity contribution in [2.24, 2.45) is 5.73 Å². The fourth-order valence-corrected chi connectivity index (χ4v) is 1.11. The van der Waals surface area contributed by atoms with Gasteiger partial charge in [-0.15, -0.1) is 0 Å². The van der Waals surface area contributed by atoms with Crippen molar-refractivity contribution in [1.82, 2.24) is 9.38 Å². The van der Waals surface area contributed by atoms with Crippen LogP contribution < -0.4 is 11.1 Å². The van der Waals surface area contributed by atoms with E-state index in [-0.39, 0.29) is 0 Å². The van der Waals surface area contributed by atoms with Crippen LogP contribution in [0.2, 0.25) is 0 Å². The molecule has 0 radical (unpaired) electrons. The smallest absolute Gasteiger partial charge is 0.317 e. The number of fused-ring (bicyclic) bond motifs is 1. The van der Waals surface area contributed by atoms with Crippen LogP contribution in [0.4, 0.5) is 10.6 Å². The highest BCUT2D eigenvalue weighted by Crippen LogP contribution is 2.06. The summed E-state index contributed by atoms with van der Waals surface area (Å²) in [7, 11) is 0. The first kappa shape index (κ1) is 7.60. The molecular weight excluding hydrogens is 168 g/mol. The zero-order chi connectivity index (χ0) is 9.26. The lowest BCUT2D eigenvalue weighted by atomic mass is 10.5. The minimum atomic E-state index is -0.608. The quantitative estimate of drug-likeness (QED) is 0.675. The molecule has 0 spiro atoms. The first-order valence-electron chi connectivity index (χ1n) is 3.76. The molecule has 0 aliphatic rings. The third kappa shape index (κ3) is 1.44. The van der Waals surface area contributed by atoms with Crippen molar-refractivity contribution in [1.29, 1.82) is 0 Å². The van der Waals surface area contributed by atoms with E-state index < -0.39 is 6.03 Å². The van der Waals surface area contributed by atoms with E-state index in [1.807, 2.05) is 22.7 Å². The first-order valence-corrected chi connectivity index (χ1v) is 3.76. The van der Waals surface area contributed by atoms with Gasteiger partial charge in [0, 0.05) is 12.4 Å². The number of urea groups is 1. The summed E-state index contributed by atoms with van der Waals surface area (Å²) in [6.45, 7) is 0. The van der Waals surface area contributed by atoms with Crippen molar-refractivity contribution < 1.29 is 4.79 Å². The summed E-state index contributed by atoms with van der Waals surface area (Å²) in [5.41, 5.74) is 5.72. The van der Waals surface area contributed by atoms with Crippen molar-refractivity contribution in [3.63, 3.8) is 0 Å². The van der Waals surface area contributed by atoms with Gasteiger partial charge in [-0.3, -0.25) is 5.32 Å². The standard InChI is InChI=1S/C8H8N4O/c9-8(13)11-6-3-5-12-4-1-2-7(12)10-6/h1-5H,(H3,9,10,11,13). The number of hydrogen-bond acceptors (Lipinski definition) is 2. The van der Waals surface area contributed by atoms with E-state index in [9.17, 15) is 4.79 Å². The third-order valence-corrected chi connectivity index (χ3v) is 1.64. The minimum absolute atomic E-state index is 0.457. The molecule has 0 aliphatic carbocycles. The molecule has 0 aromatic carbocycles. The number of hydrogen-bond donors (Lipinski definition) is 2. The summed E-state index contributed by atoms with van der Waals surface area (Å²) in [5.74, 6) is 0.457. The molecule has 0 bridgehead atoms. The second-order valence-corrected chi connectivity index (χ2v) is 2.58. The van der Waals surface area contributed by atoms with E-state index in [4.69, 9.17) is 5.73 Å². The summed E-state index contributed by atoms with van der Waals surface area (Å²) in [5, 5.41) is 2.40. The van der Waals surface area contributed by atoms with Gasteiger partial charge >= 0.3 is 6.03 Å².